The molecule has 0 unspecified atom stereocenters. The van der Waals surface area contributed by atoms with Gasteiger partial charge in [-0.15, -0.1) is 0 Å². The fourth-order valence-electron chi connectivity index (χ4n) is 2.34. The quantitative estimate of drug-likeness (QED) is 0.856. The van der Waals surface area contributed by atoms with Crippen molar-refractivity contribution in [3.05, 3.63) is 33.3 Å². The van der Waals surface area contributed by atoms with Crippen LogP contribution in [0.5, 0.6) is 0 Å². The van der Waals surface area contributed by atoms with Gasteiger partial charge in [-0.1, -0.05) is 23.2 Å². The van der Waals surface area contributed by atoms with Crippen LogP contribution in [0.3, 0.4) is 0 Å². The van der Waals surface area contributed by atoms with E-state index in [2.05, 4.69) is 0 Å². The maximum absolute atomic E-state index is 12.4. The zero-order valence-electron chi connectivity index (χ0n) is 11.1. The van der Waals surface area contributed by atoms with E-state index in [9.17, 15) is 4.79 Å². The summed E-state index contributed by atoms with van der Waals surface area (Å²) in [5.74, 6) is 0.410. The molecule has 1 aromatic carbocycles. The standard InChI is InChI=1S/C14H17Cl2NO2/c1-9-12(15)5-11(6-13(9)16)14(18)17-4-3-10(7-17)8-19-2/h5-6,10H,3-4,7-8H2,1-2H3/t10-/m0/s1. The topological polar surface area (TPSA) is 29.5 Å². The predicted molar refractivity (Wildman–Crippen MR) is 77.1 cm³/mol. The van der Waals surface area contributed by atoms with Crippen molar-refractivity contribution >= 4 is 29.1 Å². The lowest BCUT2D eigenvalue weighted by molar-refractivity contribution is 0.0775. The molecular weight excluding hydrogens is 285 g/mol. The van der Waals surface area contributed by atoms with Gasteiger partial charge in [0.2, 0.25) is 0 Å². The molecule has 1 fully saturated rings. The highest BCUT2D eigenvalue weighted by atomic mass is 35.5. The second-order valence-corrected chi connectivity index (χ2v) is 5.74. The summed E-state index contributed by atoms with van der Waals surface area (Å²) in [4.78, 5) is 14.2. The van der Waals surface area contributed by atoms with E-state index in [1.165, 1.54) is 0 Å². The van der Waals surface area contributed by atoms with Crippen LogP contribution in [0.1, 0.15) is 22.3 Å². The molecule has 0 radical (unpaired) electrons. The number of halogens is 2. The van der Waals surface area contributed by atoms with Crippen LogP contribution < -0.4 is 0 Å². The molecule has 104 valence electrons. The summed E-state index contributed by atoms with van der Waals surface area (Å²) in [6.07, 6.45) is 0.979. The van der Waals surface area contributed by atoms with Crippen molar-refractivity contribution in [3.63, 3.8) is 0 Å². The van der Waals surface area contributed by atoms with Crippen molar-refractivity contribution in [2.45, 2.75) is 13.3 Å². The number of carbonyl (C=O) groups excluding carboxylic acids is 1. The molecule has 1 saturated heterocycles. The Morgan fingerprint density at radius 3 is 2.63 bits per heavy atom. The minimum Gasteiger partial charge on any atom is -0.384 e. The van der Waals surface area contributed by atoms with Gasteiger partial charge in [-0.05, 0) is 31.0 Å². The Morgan fingerprint density at radius 2 is 2.05 bits per heavy atom. The molecule has 1 aliphatic heterocycles. The van der Waals surface area contributed by atoms with Gasteiger partial charge in [0.15, 0.2) is 0 Å². The van der Waals surface area contributed by atoms with Crippen LogP contribution in [-0.2, 0) is 4.74 Å². The van der Waals surface area contributed by atoms with Crippen molar-refractivity contribution in [2.75, 3.05) is 26.8 Å². The normalized spacial score (nSPS) is 18.9. The number of nitrogens with zero attached hydrogens (tertiary/aromatic N) is 1. The first kappa shape index (κ1) is 14.6. The largest absolute Gasteiger partial charge is 0.384 e. The van der Waals surface area contributed by atoms with Crippen LogP contribution in [0.4, 0.5) is 0 Å². The summed E-state index contributed by atoms with van der Waals surface area (Å²) >= 11 is 12.1. The van der Waals surface area contributed by atoms with E-state index in [-0.39, 0.29) is 5.91 Å². The Labute approximate surface area is 123 Å². The predicted octanol–water partition coefficient (Wildman–Crippen LogP) is 3.41. The van der Waals surface area contributed by atoms with Crippen molar-refractivity contribution in [1.29, 1.82) is 0 Å². The SMILES string of the molecule is COC[C@H]1CCN(C(=O)c2cc(Cl)c(C)c(Cl)c2)C1. The van der Waals surface area contributed by atoms with Crippen LogP contribution in [0, 0.1) is 12.8 Å². The second-order valence-electron chi connectivity index (χ2n) is 4.93. The summed E-state index contributed by atoms with van der Waals surface area (Å²) in [6, 6.07) is 3.38. The monoisotopic (exact) mass is 301 g/mol. The minimum absolute atomic E-state index is 0.0117. The lowest BCUT2D eigenvalue weighted by atomic mass is 10.1. The van der Waals surface area contributed by atoms with Crippen LogP contribution in [0.25, 0.3) is 0 Å². The van der Waals surface area contributed by atoms with Gasteiger partial charge in [0, 0.05) is 41.7 Å². The number of carbonyl (C=O) groups is 1. The third-order valence-corrected chi connectivity index (χ3v) is 4.29. The molecule has 0 saturated carbocycles. The minimum atomic E-state index is -0.0117. The zero-order valence-corrected chi connectivity index (χ0v) is 12.6. The van der Waals surface area contributed by atoms with Gasteiger partial charge in [0.25, 0.3) is 5.91 Å². The van der Waals surface area contributed by atoms with Gasteiger partial charge in [-0.2, -0.15) is 0 Å². The van der Waals surface area contributed by atoms with Crippen LogP contribution >= 0.6 is 23.2 Å². The fraction of sp³-hybridized carbons (Fsp3) is 0.500. The van der Waals surface area contributed by atoms with E-state index in [4.69, 9.17) is 27.9 Å². The fourth-order valence-corrected chi connectivity index (χ4v) is 2.83. The van der Waals surface area contributed by atoms with Gasteiger partial charge in [0.1, 0.15) is 0 Å². The van der Waals surface area contributed by atoms with E-state index >= 15 is 0 Å². The highest BCUT2D eigenvalue weighted by Crippen LogP contribution is 2.27. The molecule has 1 heterocycles. The molecule has 0 bridgehead atoms. The van der Waals surface area contributed by atoms with E-state index < -0.39 is 0 Å². The number of ether oxygens (including phenoxy) is 1. The number of likely N-dealkylation sites (tertiary alicyclic amines) is 1. The lowest BCUT2D eigenvalue weighted by Gasteiger charge is -2.17. The number of methoxy groups -OCH3 is 1. The smallest absolute Gasteiger partial charge is 0.253 e. The molecule has 1 atom stereocenters. The van der Waals surface area contributed by atoms with Gasteiger partial charge < -0.3 is 9.64 Å². The third-order valence-electron chi connectivity index (χ3n) is 3.50. The van der Waals surface area contributed by atoms with Crippen molar-refractivity contribution in [1.82, 2.24) is 4.90 Å². The first-order valence-corrected chi connectivity index (χ1v) is 7.02. The Hall–Kier alpha value is -0.770. The van der Waals surface area contributed by atoms with Gasteiger partial charge in [-0.3, -0.25) is 4.79 Å². The number of hydrogen-bond acceptors (Lipinski definition) is 2. The average Bonchev–Trinajstić information content (AvgIpc) is 2.83. The molecule has 0 aromatic heterocycles. The van der Waals surface area contributed by atoms with Gasteiger partial charge in [0.05, 0.1) is 6.61 Å². The highest BCUT2D eigenvalue weighted by molar-refractivity contribution is 6.36. The molecule has 0 N–H and O–H groups in total. The Kier molecular flexibility index (Phi) is 4.71. The maximum Gasteiger partial charge on any atom is 0.253 e. The first-order chi connectivity index (χ1) is 9.02. The van der Waals surface area contributed by atoms with E-state index in [0.717, 1.165) is 25.1 Å². The first-order valence-electron chi connectivity index (χ1n) is 6.26. The van der Waals surface area contributed by atoms with E-state index in [1.807, 2.05) is 11.8 Å². The second kappa shape index (κ2) is 6.12. The van der Waals surface area contributed by atoms with Crippen molar-refractivity contribution in [3.8, 4) is 0 Å². The zero-order chi connectivity index (χ0) is 14.0. The molecule has 1 amide bonds. The average molecular weight is 302 g/mol. The highest BCUT2D eigenvalue weighted by Gasteiger charge is 2.27. The Bertz CT molecular complexity index is 467. The van der Waals surface area contributed by atoms with Crippen molar-refractivity contribution in [2.24, 2.45) is 5.92 Å². The molecule has 0 spiro atoms. The number of amides is 1. The van der Waals surface area contributed by atoms with Crippen LogP contribution in [0.2, 0.25) is 10.0 Å². The molecule has 19 heavy (non-hydrogen) atoms. The van der Waals surface area contributed by atoms with Crippen LogP contribution in [-0.4, -0.2) is 37.6 Å². The maximum atomic E-state index is 12.4. The summed E-state index contributed by atoms with van der Waals surface area (Å²) in [6.45, 7) is 4.02. The summed E-state index contributed by atoms with van der Waals surface area (Å²) < 4.78 is 5.13. The molecule has 3 nitrogen and oxygen atoms in total. The molecule has 1 aliphatic rings. The Morgan fingerprint density at radius 1 is 1.42 bits per heavy atom. The molecule has 2 rings (SSSR count). The number of hydrogen-bond donors (Lipinski definition) is 0. The summed E-state index contributed by atoms with van der Waals surface area (Å²) in [7, 11) is 1.68. The van der Waals surface area contributed by atoms with Crippen molar-refractivity contribution < 1.29 is 9.53 Å². The summed E-state index contributed by atoms with van der Waals surface area (Å²) in [5, 5.41) is 1.06. The van der Waals surface area contributed by atoms with E-state index in [1.54, 1.807) is 19.2 Å². The number of benzene rings is 1. The summed E-state index contributed by atoms with van der Waals surface area (Å²) in [5.41, 5.74) is 1.36. The third kappa shape index (κ3) is 3.22. The molecule has 1 aromatic rings. The van der Waals surface area contributed by atoms with E-state index in [0.29, 0.717) is 28.1 Å². The molecule has 0 aliphatic carbocycles. The van der Waals surface area contributed by atoms with Gasteiger partial charge in [-0.25, -0.2) is 0 Å². The number of rotatable bonds is 3. The molecular formula is C14H17Cl2NO2. The lowest BCUT2D eigenvalue weighted by Crippen LogP contribution is -2.29. The van der Waals surface area contributed by atoms with Crippen LogP contribution in [0.15, 0.2) is 12.1 Å². The van der Waals surface area contributed by atoms with Gasteiger partial charge >= 0.3 is 0 Å². The molecule has 5 heteroatoms. The Balaban J connectivity index is 2.13.